The van der Waals surface area contributed by atoms with E-state index in [4.69, 9.17) is 15.0 Å². The van der Waals surface area contributed by atoms with Crippen LogP contribution >= 0.6 is 11.3 Å². The average molecular weight is 485 g/mol. The zero-order chi connectivity index (χ0) is 24.1. The predicted molar refractivity (Wildman–Crippen MR) is 142 cm³/mol. The molecule has 0 unspecified atom stereocenters. The highest BCUT2D eigenvalue weighted by Gasteiger charge is 2.16. The van der Waals surface area contributed by atoms with Crippen LogP contribution in [0.5, 0.6) is 0 Å². The summed E-state index contributed by atoms with van der Waals surface area (Å²) in [6.45, 7) is 0. The molecule has 36 heavy (non-hydrogen) atoms. The van der Waals surface area contributed by atoms with E-state index in [0.717, 1.165) is 21.4 Å². The summed E-state index contributed by atoms with van der Waals surface area (Å²) in [6.07, 6.45) is 1.70. The molecule has 4 aromatic heterocycles. The summed E-state index contributed by atoms with van der Waals surface area (Å²) in [5, 5.41) is 0.568. The number of benzene rings is 3. The smallest absolute Gasteiger partial charge is 0.268 e. The van der Waals surface area contributed by atoms with E-state index in [0.29, 0.717) is 39.0 Å². The number of nitrogens with zero attached hydrogens (tertiary/aromatic N) is 6. The Morgan fingerprint density at radius 1 is 0.639 bits per heavy atom. The lowest BCUT2D eigenvalue weighted by Crippen LogP contribution is -2.13. The summed E-state index contributed by atoms with van der Waals surface area (Å²) in [6, 6.07) is 29.0. The molecule has 0 atom stereocenters. The van der Waals surface area contributed by atoms with Gasteiger partial charge in [-0.15, -0.1) is 0 Å². The number of hydrogen-bond donors (Lipinski definition) is 0. The maximum atomic E-state index is 13.2. The minimum Gasteiger partial charge on any atom is -0.268 e. The predicted octanol–water partition coefficient (Wildman–Crippen LogP) is 5.64. The van der Waals surface area contributed by atoms with Crippen molar-refractivity contribution in [3.8, 4) is 34.2 Å². The van der Waals surface area contributed by atoms with E-state index in [-0.39, 0.29) is 5.56 Å². The summed E-state index contributed by atoms with van der Waals surface area (Å²) in [7, 11) is 0. The molecule has 0 amide bonds. The van der Waals surface area contributed by atoms with Crippen molar-refractivity contribution < 1.29 is 0 Å². The third kappa shape index (κ3) is 3.35. The van der Waals surface area contributed by atoms with Crippen LogP contribution in [0.3, 0.4) is 0 Å². The Balaban J connectivity index is 1.45. The molecular weight excluding hydrogens is 468 g/mol. The Hall–Kier alpha value is -4.82. The topological polar surface area (TPSA) is 85.9 Å². The number of pyridine rings is 1. The fraction of sp³-hybridized carbons (Fsp3) is 0. The average Bonchev–Trinajstić information content (AvgIpc) is 3.31. The molecule has 0 bridgehead atoms. The molecule has 7 rings (SSSR count). The van der Waals surface area contributed by atoms with Crippen LogP contribution in [0.25, 0.3) is 60.4 Å². The number of fused-ring (bicyclic) bond motifs is 4. The zero-order valence-corrected chi connectivity index (χ0v) is 19.6. The van der Waals surface area contributed by atoms with E-state index in [1.165, 1.54) is 11.3 Å². The van der Waals surface area contributed by atoms with Crippen molar-refractivity contribution in [3.05, 3.63) is 108 Å². The van der Waals surface area contributed by atoms with Gasteiger partial charge in [0.1, 0.15) is 0 Å². The Morgan fingerprint density at radius 3 is 1.89 bits per heavy atom. The SMILES string of the molecule is O=c1c2ccccc2nc2sc3cc(-c4nc(-c5ccccc5)nc(-c5ccccc5)n4)cnc3n12. The quantitative estimate of drug-likeness (QED) is 0.322. The first kappa shape index (κ1) is 20.5. The minimum absolute atomic E-state index is 0.125. The van der Waals surface area contributed by atoms with Crippen LogP contribution in [0, 0.1) is 0 Å². The van der Waals surface area contributed by atoms with Crippen molar-refractivity contribution in [2.24, 2.45) is 0 Å². The third-order valence-corrected chi connectivity index (χ3v) is 6.93. The molecule has 7 aromatic rings. The number of para-hydroxylation sites is 1. The molecule has 0 fully saturated rings. The molecular formula is C28H16N6OS. The fourth-order valence-corrected chi connectivity index (χ4v) is 5.23. The van der Waals surface area contributed by atoms with Gasteiger partial charge >= 0.3 is 0 Å². The first-order valence-electron chi connectivity index (χ1n) is 11.3. The van der Waals surface area contributed by atoms with Crippen molar-refractivity contribution in [2.75, 3.05) is 0 Å². The van der Waals surface area contributed by atoms with Crippen molar-refractivity contribution in [1.29, 1.82) is 0 Å². The molecule has 0 spiro atoms. The fourth-order valence-electron chi connectivity index (χ4n) is 4.21. The molecule has 0 aliphatic carbocycles. The van der Waals surface area contributed by atoms with E-state index in [2.05, 4.69) is 9.97 Å². The largest absolute Gasteiger partial charge is 0.268 e. The summed E-state index contributed by atoms with van der Waals surface area (Å²) < 4.78 is 2.40. The molecule has 0 saturated heterocycles. The summed E-state index contributed by atoms with van der Waals surface area (Å²) in [5.74, 6) is 1.68. The van der Waals surface area contributed by atoms with Crippen LogP contribution in [-0.2, 0) is 0 Å². The lowest BCUT2D eigenvalue weighted by molar-refractivity contribution is 1.07. The highest BCUT2D eigenvalue weighted by Crippen LogP contribution is 2.29. The van der Waals surface area contributed by atoms with Gasteiger partial charge < -0.3 is 0 Å². The molecule has 170 valence electrons. The third-order valence-electron chi connectivity index (χ3n) is 5.95. The highest BCUT2D eigenvalue weighted by molar-refractivity contribution is 7.23. The lowest BCUT2D eigenvalue weighted by atomic mass is 10.1. The van der Waals surface area contributed by atoms with Crippen molar-refractivity contribution in [2.45, 2.75) is 0 Å². The Labute approximate surface area is 208 Å². The normalized spacial score (nSPS) is 11.4. The van der Waals surface area contributed by atoms with Crippen LogP contribution in [0.1, 0.15) is 0 Å². The molecule has 8 heteroatoms. The highest BCUT2D eigenvalue weighted by atomic mass is 32.1. The Bertz CT molecular complexity index is 1910. The molecule has 0 aliphatic rings. The first-order valence-corrected chi connectivity index (χ1v) is 12.1. The van der Waals surface area contributed by atoms with Gasteiger partial charge in [0.05, 0.1) is 15.6 Å². The molecule has 3 aromatic carbocycles. The second kappa shape index (κ2) is 8.14. The van der Waals surface area contributed by atoms with Gasteiger partial charge in [-0.1, -0.05) is 84.1 Å². The molecule has 7 nitrogen and oxygen atoms in total. The monoisotopic (exact) mass is 484 g/mol. The van der Waals surface area contributed by atoms with E-state index in [9.17, 15) is 4.79 Å². The summed E-state index contributed by atoms with van der Waals surface area (Å²) >= 11 is 1.42. The Morgan fingerprint density at radius 2 is 1.22 bits per heavy atom. The van der Waals surface area contributed by atoms with E-state index < -0.39 is 0 Å². The Kier molecular flexibility index (Phi) is 4.65. The van der Waals surface area contributed by atoms with Crippen LogP contribution in [0.15, 0.2) is 102 Å². The minimum atomic E-state index is -0.125. The lowest BCUT2D eigenvalue weighted by Gasteiger charge is -2.08. The summed E-state index contributed by atoms with van der Waals surface area (Å²) in [4.78, 5) is 37.4. The van der Waals surface area contributed by atoms with E-state index >= 15 is 0 Å². The van der Waals surface area contributed by atoms with E-state index in [1.807, 2.05) is 84.9 Å². The second-order valence-electron chi connectivity index (χ2n) is 8.24. The van der Waals surface area contributed by atoms with Gasteiger partial charge in [0, 0.05) is 22.9 Å². The van der Waals surface area contributed by atoms with Crippen LogP contribution in [-0.4, -0.2) is 29.3 Å². The van der Waals surface area contributed by atoms with E-state index in [1.54, 1.807) is 16.7 Å². The molecule has 0 saturated carbocycles. The van der Waals surface area contributed by atoms with Gasteiger partial charge in [0.2, 0.25) is 0 Å². The molecule has 0 radical (unpaired) electrons. The van der Waals surface area contributed by atoms with Crippen molar-refractivity contribution in [1.82, 2.24) is 29.3 Å². The van der Waals surface area contributed by atoms with Gasteiger partial charge in [0.25, 0.3) is 5.56 Å². The van der Waals surface area contributed by atoms with Crippen LogP contribution in [0.4, 0.5) is 0 Å². The first-order chi connectivity index (χ1) is 17.7. The molecule has 4 heterocycles. The maximum Gasteiger partial charge on any atom is 0.268 e. The standard InChI is InChI=1S/C28H16N6OS/c35-27-20-13-7-8-14-21(20)30-28-34(27)26-22(36-28)15-19(16-29-26)25-32-23(17-9-3-1-4-10-17)31-24(33-25)18-11-5-2-6-12-18/h1-16H. The number of aromatic nitrogens is 6. The van der Waals surface area contributed by atoms with Crippen molar-refractivity contribution in [3.63, 3.8) is 0 Å². The number of rotatable bonds is 3. The van der Waals surface area contributed by atoms with Gasteiger partial charge in [-0.25, -0.2) is 29.3 Å². The molecule has 0 aliphatic heterocycles. The van der Waals surface area contributed by atoms with Gasteiger partial charge in [-0.2, -0.15) is 0 Å². The van der Waals surface area contributed by atoms with Crippen molar-refractivity contribution >= 4 is 37.5 Å². The van der Waals surface area contributed by atoms with Crippen LogP contribution < -0.4 is 5.56 Å². The van der Waals surface area contributed by atoms with Gasteiger partial charge in [-0.05, 0) is 18.2 Å². The molecule has 0 N–H and O–H groups in total. The van der Waals surface area contributed by atoms with Gasteiger partial charge in [0.15, 0.2) is 28.1 Å². The zero-order valence-electron chi connectivity index (χ0n) is 18.7. The summed E-state index contributed by atoms with van der Waals surface area (Å²) in [5.41, 5.74) is 3.66. The van der Waals surface area contributed by atoms with Gasteiger partial charge in [-0.3, -0.25) is 4.79 Å². The second-order valence-corrected chi connectivity index (χ2v) is 9.25. The van der Waals surface area contributed by atoms with Crippen LogP contribution in [0.2, 0.25) is 0 Å². The number of hydrogen-bond acceptors (Lipinski definition) is 7. The maximum absolute atomic E-state index is 13.2. The number of thiazole rings is 1.